The number of furan rings is 2. The Morgan fingerprint density at radius 3 is 1.78 bits per heavy atom. The molecule has 0 N–H and O–H groups in total. The molecule has 274 valence electrons. The summed E-state index contributed by atoms with van der Waals surface area (Å²) in [5, 5.41) is 4.30. The molecule has 4 heteroatoms. The second kappa shape index (κ2) is 14.2. The standard InChI is InChI=1S/C54H36N2O2/c1-4-14-35(15-5-1)36-26-28-37(29-27-36)41-31-32-42(53-51(41)45-20-10-11-25-49(45)58-53)40-30-33-50-46(34-40)43-21-12-22-44(52(43)57-50)48-24-13-23-47(38-16-6-2-7-17-38)55-54(56-48)39-18-8-3-9-19-39/h1-12,14-22,24-34H,13,23H2/b48-24-,55-47+,56-54-. The largest absolute Gasteiger partial charge is 0.455 e. The highest BCUT2D eigenvalue weighted by Crippen LogP contribution is 2.44. The lowest BCUT2D eigenvalue weighted by atomic mass is 9.93. The zero-order valence-electron chi connectivity index (χ0n) is 31.6. The van der Waals surface area contributed by atoms with Crippen molar-refractivity contribution in [3.63, 3.8) is 0 Å². The Balaban J connectivity index is 1.02. The van der Waals surface area contributed by atoms with E-state index in [1.165, 1.54) is 11.1 Å². The van der Waals surface area contributed by atoms with E-state index in [4.69, 9.17) is 18.8 Å². The van der Waals surface area contributed by atoms with Crippen molar-refractivity contribution in [2.45, 2.75) is 12.8 Å². The van der Waals surface area contributed by atoms with Crippen molar-refractivity contribution >= 4 is 61.1 Å². The number of aliphatic imine (C=N–C) groups is 2. The van der Waals surface area contributed by atoms with Gasteiger partial charge in [0.1, 0.15) is 22.3 Å². The van der Waals surface area contributed by atoms with Gasteiger partial charge in [-0.25, -0.2) is 9.98 Å². The fourth-order valence-electron chi connectivity index (χ4n) is 8.38. The van der Waals surface area contributed by atoms with Crippen LogP contribution in [0.15, 0.2) is 213 Å². The van der Waals surface area contributed by atoms with Gasteiger partial charge in [0.05, 0.1) is 11.4 Å². The molecule has 0 radical (unpaired) electrons. The molecule has 4 nitrogen and oxygen atoms in total. The maximum atomic E-state index is 6.72. The zero-order valence-corrected chi connectivity index (χ0v) is 31.6. The second-order valence-electron chi connectivity index (χ2n) is 14.8. The van der Waals surface area contributed by atoms with Gasteiger partial charge in [0, 0.05) is 38.2 Å². The fraction of sp³-hybridized carbons (Fsp3) is 0.0370. The summed E-state index contributed by atoms with van der Waals surface area (Å²) in [6, 6.07) is 65.5. The predicted octanol–water partition coefficient (Wildman–Crippen LogP) is 14.6. The van der Waals surface area contributed by atoms with Crippen LogP contribution in [0.25, 0.3) is 83.0 Å². The van der Waals surface area contributed by atoms with Crippen LogP contribution in [-0.4, -0.2) is 11.5 Å². The summed E-state index contributed by atoms with van der Waals surface area (Å²) >= 11 is 0. The third-order valence-electron chi connectivity index (χ3n) is 11.2. The molecule has 10 aromatic rings. The Hall–Kier alpha value is -7.56. The van der Waals surface area contributed by atoms with Crippen LogP contribution >= 0.6 is 0 Å². The summed E-state index contributed by atoms with van der Waals surface area (Å²) in [6.45, 7) is 0. The smallest absolute Gasteiger partial charge is 0.160 e. The highest BCUT2D eigenvalue weighted by atomic mass is 16.3. The molecule has 0 amide bonds. The first-order chi connectivity index (χ1) is 28.7. The van der Waals surface area contributed by atoms with Gasteiger partial charge in [-0.2, -0.15) is 0 Å². The Kier molecular flexibility index (Phi) is 8.25. The molecule has 1 aliphatic heterocycles. The first-order valence-corrected chi connectivity index (χ1v) is 19.8. The number of amidine groups is 1. The van der Waals surface area contributed by atoms with Crippen molar-refractivity contribution in [3.8, 4) is 33.4 Å². The van der Waals surface area contributed by atoms with E-state index in [2.05, 4.69) is 164 Å². The van der Waals surface area contributed by atoms with Crippen LogP contribution in [0.3, 0.4) is 0 Å². The minimum absolute atomic E-state index is 0.686. The molecule has 0 aliphatic carbocycles. The monoisotopic (exact) mass is 744 g/mol. The van der Waals surface area contributed by atoms with Gasteiger partial charge in [-0.05, 0) is 76.6 Å². The van der Waals surface area contributed by atoms with Gasteiger partial charge < -0.3 is 8.83 Å². The Bertz CT molecular complexity index is 3240. The zero-order chi connectivity index (χ0) is 38.4. The van der Waals surface area contributed by atoms with Gasteiger partial charge in [0.2, 0.25) is 0 Å². The molecule has 0 saturated heterocycles. The summed E-state index contributed by atoms with van der Waals surface area (Å²) in [5.74, 6) is 0.686. The van der Waals surface area contributed by atoms with Crippen LogP contribution in [0, 0.1) is 0 Å². The number of nitrogens with zero attached hydrogens (tertiary/aromatic N) is 2. The van der Waals surface area contributed by atoms with E-state index in [-0.39, 0.29) is 0 Å². The van der Waals surface area contributed by atoms with Crippen LogP contribution in [0.1, 0.15) is 29.5 Å². The first kappa shape index (κ1) is 33.8. The van der Waals surface area contributed by atoms with Crippen LogP contribution in [0.4, 0.5) is 0 Å². The summed E-state index contributed by atoms with van der Waals surface area (Å²) < 4.78 is 13.4. The van der Waals surface area contributed by atoms with Crippen molar-refractivity contribution in [3.05, 3.63) is 211 Å². The molecule has 0 saturated carbocycles. The van der Waals surface area contributed by atoms with Crippen LogP contribution < -0.4 is 0 Å². The van der Waals surface area contributed by atoms with E-state index in [1.54, 1.807) is 0 Å². The average molecular weight is 745 g/mol. The predicted molar refractivity (Wildman–Crippen MR) is 240 cm³/mol. The number of hydrogen-bond donors (Lipinski definition) is 0. The quantitative estimate of drug-likeness (QED) is 0.170. The van der Waals surface area contributed by atoms with E-state index in [1.807, 2.05) is 30.3 Å². The molecule has 3 heterocycles. The molecule has 1 aliphatic rings. The van der Waals surface area contributed by atoms with Crippen molar-refractivity contribution in [2.75, 3.05) is 0 Å². The topological polar surface area (TPSA) is 51.0 Å². The molecule has 8 aromatic carbocycles. The maximum Gasteiger partial charge on any atom is 0.160 e. The molecule has 2 aromatic heterocycles. The van der Waals surface area contributed by atoms with Crippen molar-refractivity contribution in [1.29, 1.82) is 0 Å². The Morgan fingerprint density at radius 2 is 0.983 bits per heavy atom. The SMILES string of the molecule is C1=C(c2cccc3c2oc2ccc(-c4ccc(-c5ccc(-c6ccccc6)cc5)c5c4oc4ccccc45)cc23)/N=C(c2ccccc2)\N=C(\c2ccccc2)CC\1. The van der Waals surface area contributed by atoms with E-state index >= 15 is 0 Å². The number of fused-ring (bicyclic) bond motifs is 6. The molecular formula is C54H36N2O2. The summed E-state index contributed by atoms with van der Waals surface area (Å²) in [6.07, 6.45) is 3.83. The van der Waals surface area contributed by atoms with Crippen molar-refractivity contribution < 1.29 is 8.83 Å². The van der Waals surface area contributed by atoms with Gasteiger partial charge in [-0.3, -0.25) is 0 Å². The molecule has 0 fully saturated rings. The normalized spacial score (nSPS) is 16.0. The first-order valence-electron chi connectivity index (χ1n) is 19.8. The number of hydrogen-bond acceptors (Lipinski definition) is 4. The van der Waals surface area contributed by atoms with E-state index < -0.39 is 0 Å². The molecule has 0 unspecified atom stereocenters. The van der Waals surface area contributed by atoms with E-state index in [9.17, 15) is 0 Å². The number of benzene rings is 8. The molecule has 58 heavy (non-hydrogen) atoms. The third kappa shape index (κ3) is 5.94. The lowest BCUT2D eigenvalue weighted by Crippen LogP contribution is -2.09. The van der Waals surface area contributed by atoms with Gasteiger partial charge in [0.25, 0.3) is 0 Å². The highest BCUT2D eigenvalue weighted by molar-refractivity contribution is 6.18. The summed E-state index contributed by atoms with van der Waals surface area (Å²) in [7, 11) is 0. The molecule has 0 atom stereocenters. The molecule has 11 rings (SSSR count). The van der Waals surface area contributed by atoms with Crippen LogP contribution in [0.5, 0.6) is 0 Å². The van der Waals surface area contributed by atoms with Gasteiger partial charge in [-0.1, -0.05) is 164 Å². The van der Waals surface area contributed by atoms with Gasteiger partial charge in [-0.15, -0.1) is 0 Å². The fourth-order valence-corrected chi connectivity index (χ4v) is 8.38. The summed E-state index contributed by atoms with van der Waals surface area (Å²) in [5.41, 5.74) is 15.1. The van der Waals surface area contributed by atoms with Gasteiger partial charge >= 0.3 is 0 Å². The van der Waals surface area contributed by atoms with Crippen LogP contribution in [0.2, 0.25) is 0 Å². The minimum Gasteiger partial charge on any atom is -0.455 e. The minimum atomic E-state index is 0.686. The van der Waals surface area contributed by atoms with E-state index in [0.717, 1.165) is 107 Å². The molecular weight excluding hydrogens is 709 g/mol. The third-order valence-corrected chi connectivity index (χ3v) is 11.2. The second-order valence-corrected chi connectivity index (χ2v) is 14.8. The van der Waals surface area contributed by atoms with Crippen molar-refractivity contribution in [2.24, 2.45) is 9.98 Å². The highest BCUT2D eigenvalue weighted by Gasteiger charge is 2.21. The maximum absolute atomic E-state index is 6.72. The lowest BCUT2D eigenvalue weighted by Gasteiger charge is -2.13. The Labute approximate surface area is 335 Å². The lowest BCUT2D eigenvalue weighted by molar-refractivity contribution is 0.667. The van der Waals surface area contributed by atoms with Crippen molar-refractivity contribution in [1.82, 2.24) is 0 Å². The van der Waals surface area contributed by atoms with Crippen LogP contribution in [-0.2, 0) is 0 Å². The molecule has 0 bridgehead atoms. The Morgan fingerprint density at radius 1 is 0.379 bits per heavy atom. The summed E-state index contributed by atoms with van der Waals surface area (Å²) in [4.78, 5) is 10.5. The van der Waals surface area contributed by atoms with E-state index in [0.29, 0.717) is 5.84 Å². The number of rotatable bonds is 6. The number of para-hydroxylation sites is 2. The van der Waals surface area contributed by atoms with Gasteiger partial charge in [0.15, 0.2) is 5.84 Å². The average Bonchev–Trinajstić information content (AvgIpc) is 3.86. The number of allylic oxidation sites excluding steroid dienone is 1. The molecule has 0 spiro atoms.